The molecule has 2 aliphatic heterocycles. The quantitative estimate of drug-likeness (QED) is 0.791. The number of likely N-dealkylation sites (tertiary alicyclic amines) is 1. The van der Waals surface area contributed by atoms with E-state index in [1.807, 2.05) is 4.90 Å². The third-order valence-electron chi connectivity index (χ3n) is 4.49. The summed E-state index contributed by atoms with van der Waals surface area (Å²) >= 11 is 0. The molecule has 0 radical (unpaired) electrons. The van der Waals surface area contributed by atoms with Crippen LogP contribution in [0.4, 0.5) is 0 Å². The molecular weight excluding hydrogens is 254 g/mol. The minimum Gasteiger partial charge on any atom is -0.343 e. The molecule has 5 nitrogen and oxygen atoms in total. The van der Waals surface area contributed by atoms with Crippen molar-refractivity contribution < 1.29 is 9.59 Å². The van der Waals surface area contributed by atoms with E-state index in [0.717, 1.165) is 58.2 Å². The number of hydrogen-bond donors (Lipinski definition) is 2. The number of nitrogens with one attached hydrogen (secondary N) is 2. The van der Waals surface area contributed by atoms with Crippen molar-refractivity contribution in [3.05, 3.63) is 0 Å². The normalized spacial score (nSPS) is 27.6. The molecule has 0 aromatic heterocycles. The summed E-state index contributed by atoms with van der Waals surface area (Å²) < 4.78 is 0. The maximum Gasteiger partial charge on any atom is 0.244 e. The molecule has 0 aliphatic carbocycles. The van der Waals surface area contributed by atoms with E-state index in [2.05, 4.69) is 17.6 Å². The van der Waals surface area contributed by atoms with Gasteiger partial charge in [-0.2, -0.15) is 0 Å². The van der Waals surface area contributed by atoms with E-state index in [-0.39, 0.29) is 11.8 Å². The van der Waals surface area contributed by atoms with Crippen molar-refractivity contribution in [3.8, 4) is 0 Å². The monoisotopic (exact) mass is 281 g/mol. The molecule has 2 N–H and O–H groups in total. The molecular formula is C15H27N3O2. The third-order valence-corrected chi connectivity index (χ3v) is 4.49. The fourth-order valence-corrected chi connectivity index (χ4v) is 3.36. The highest BCUT2D eigenvalue weighted by Gasteiger charge is 2.41. The fourth-order valence-electron chi connectivity index (χ4n) is 3.36. The molecule has 0 aromatic rings. The van der Waals surface area contributed by atoms with Gasteiger partial charge in [0.2, 0.25) is 11.8 Å². The Kier molecular flexibility index (Phi) is 5.02. The Labute approximate surface area is 121 Å². The maximum absolute atomic E-state index is 12.5. The van der Waals surface area contributed by atoms with Gasteiger partial charge in [-0.25, -0.2) is 0 Å². The predicted octanol–water partition coefficient (Wildman–Crippen LogP) is 1.04. The van der Waals surface area contributed by atoms with Crippen LogP contribution in [-0.4, -0.2) is 47.9 Å². The van der Waals surface area contributed by atoms with Crippen LogP contribution in [0, 0.1) is 0 Å². The molecule has 2 saturated heterocycles. The number of amides is 2. The molecule has 2 aliphatic rings. The molecule has 0 aromatic carbocycles. The van der Waals surface area contributed by atoms with Gasteiger partial charge in [0.25, 0.3) is 0 Å². The van der Waals surface area contributed by atoms with Crippen molar-refractivity contribution in [3.63, 3.8) is 0 Å². The molecule has 2 fully saturated rings. The van der Waals surface area contributed by atoms with Crippen molar-refractivity contribution in [1.82, 2.24) is 15.5 Å². The Morgan fingerprint density at radius 2 is 2.00 bits per heavy atom. The van der Waals surface area contributed by atoms with E-state index in [4.69, 9.17) is 0 Å². The van der Waals surface area contributed by atoms with Gasteiger partial charge in [-0.15, -0.1) is 0 Å². The zero-order chi connectivity index (χ0) is 14.6. The van der Waals surface area contributed by atoms with Gasteiger partial charge in [-0.3, -0.25) is 9.59 Å². The first-order chi connectivity index (χ1) is 9.59. The van der Waals surface area contributed by atoms with Crippen molar-refractivity contribution in [2.24, 2.45) is 0 Å². The molecule has 0 spiro atoms. The van der Waals surface area contributed by atoms with Crippen molar-refractivity contribution in [1.29, 1.82) is 0 Å². The molecule has 2 heterocycles. The van der Waals surface area contributed by atoms with E-state index in [1.165, 1.54) is 0 Å². The van der Waals surface area contributed by atoms with E-state index < -0.39 is 11.6 Å². The standard InChI is InChI=1S/C15H27N3O2/c1-3-7-15(8-6-9-16-15)14(20)17-12(2)13(19)18-10-4-5-11-18/h12,16H,3-11H2,1-2H3,(H,17,20). The lowest BCUT2D eigenvalue weighted by Gasteiger charge is -2.30. The van der Waals surface area contributed by atoms with E-state index >= 15 is 0 Å². The van der Waals surface area contributed by atoms with Crippen molar-refractivity contribution >= 4 is 11.8 Å². The molecule has 0 bridgehead atoms. The van der Waals surface area contributed by atoms with Gasteiger partial charge >= 0.3 is 0 Å². The van der Waals surface area contributed by atoms with Gasteiger partial charge in [0.1, 0.15) is 6.04 Å². The summed E-state index contributed by atoms with van der Waals surface area (Å²) in [5, 5.41) is 6.28. The van der Waals surface area contributed by atoms with E-state index in [0.29, 0.717) is 0 Å². The molecule has 114 valence electrons. The summed E-state index contributed by atoms with van der Waals surface area (Å²) in [5.74, 6) is 0.0531. The van der Waals surface area contributed by atoms with E-state index in [9.17, 15) is 9.59 Å². The Morgan fingerprint density at radius 1 is 1.30 bits per heavy atom. The Bertz CT molecular complexity index is 358. The second-order valence-corrected chi connectivity index (χ2v) is 6.09. The van der Waals surface area contributed by atoms with Crippen molar-refractivity contribution in [2.75, 3.05) is 19.6 Å². The first-order valence-electron chi connectivity index (χ1n) is 7.94. The van der Waals surface area contributed by atoms with Crippen LogP contribution in [-0.2, 0) is 9.59 Å². The van der Waals surface area contributed by atoms with Gasteiger partial charge in [0, 0.05) is 13.1 Å². The lowest BCUT2D eigenvalue weighted by molar-refractivity contribution is -0.137. The predicted molar refractivity (Wildman–Crippen MR) is 78.3 cm³/mol. The average molecular weight is 281 g/mol. The molecule has 5 heteroatoms. The molecule has 2 amide bonds. The van der Waals surface area contributed by atoms with Crippen LogP contribution >= 0.6 is 0 Å². The largest absolute Gasteiger partial charge is 0.343 e. The second-order valence-electron chi connectivity index (χ2n) is 6.09. The van der Waals surface area contributed by atoms with Gasteiger partial charge < -0.3 is 15.5 Å². The summed E-state index contributed by atoms with van der Waals surface area (Å²) in [6, 6.07) is -0.420. The lowest BCUT2D eigenvalue weighted by Crippen LogP contribution is -2.57. The van der Waals surface area contributed by atoms with Crippen LogP contribution in [0.3, 0.4) is 0 Å². The molecule has 0 saturated carbocycles. The molecule has 2 atom stereocenters. The number of carbonyl (C=O) groups is 2. The average Bonchev–Trinajstić information content (AvgIpc) is 3.09. The summed E-state index contributed by atoms with van der Waals surface area (Å²) in [6.45, 7) is 6.44. The first kappa shape index (κ1) is 15.3. The highest BCUT2D eigenvalue weighted by Crippen LogP contribution is 2.25. The number of hydrogen-bond acceptors (Lipinski definition) is 3. The van der Waals surface area contributed by atoms with Crippen LogP contribution in [0.2, 0.25) is 0 Å². The minimum absolute atomic E-state index is 0.00287. The summed E-state index contributed by atoms with van der Waals surface area (Å²) in [5.41, 5.74) is -0.450. The smallest absolute Gasteiger partial charge is 0.244 e. The van der Waals surface area contributed by atoms with Crippen LogP contribution in [0.5, 0.6) is 0 Å². The van der Waals surface area contributed by atoms with Crippen LogP contribution in [0.15, 0.2) is 0 Å². The number of carbonyl (C=O) groups excluding carboxylic acids is 2. The zero-order valence-corrected chi connectivity index (χ0v) is 12.7. The molecule has 2 unspecified atom stereocenters. The maximum atomic E-state index is 12.5. The van der Waals surface area contributed by atoms with Crippen LogP contribution in [0.1, 0.15) is 52.4 Å². The SMILES string of the molecule is CCCC1(C(=O)NC(C)C(=O)N2CCCC2)CCCN1. The zero-order valence-electron chi connectivity index (χ0n) is 12.7. The van der Waals surface area contributed by atoms with Crippen LogP contribution < -0.4 is 10.6 Å². The Hall–Kier alpha value is -1.10. The lowest BCUT2D eigenvalue weighted by atomic mass is 9.90. The Morgan fingerprint density at radius 3 is 2.55 bits per heavy atom. The van der Waals surface area contributed by atoms with Gasteiger partial charge in [-0.05, 0) is 45.6 Å². The van der Waals surface area contributed by atoms with Crippen LogP contribution in [0.25, 0.3) is 0 Å². The van der Waals surface area contributed by atoms with Gasteiger partial charge in [-0.1, -0.05) is 13.3 Å². The minimum atomic E-state index is -0.450. The highest BCUT2D eigenvalue weighted by molar-refractivity contribution is 5.92. The van der Waals surface area contributed by atoms with Crippen molar-refractivity contribution in [2.45, 2.75) is 64.0 Å². The van der Waals surface area contributed by atoms with Gasteiger partial charge in [0.15, 0.2) is 0 Å². The van der Waals surface area contributed by atoms with Gasteiger partial charge in [0.05, 0.1) is 5.54 Å². The number of nitrogens with zero attached hydrogens (tertiary/aromatic N) is 1. The third kappa shape index (κ3) is 3.14. The fraction of sp³-hybridized carbons (Fsp3) is 0.867. The summed E-state index contributed by atoms with van der Waals surface area (Å²) in [6.07, 6.45) is 5.86. The number of rotatable bonds is 5. The molecule has 20 heavy (non-hydrogen) atoms. The Balaban J connectivity index is 1.93. The molecule has 2 rings (SSSR count). The highest BCUT2D eigenvalue weighted by atomic mass is 16.2. The summed E-state index contributed by atoms with van der Waals surface area (Å²) in [7, 11) is 0. The second kappa shape index (κ2) is 6.57. The first-order valence-corrected chi connectivity index (χ1v) is 7.94. The van der Waals surface area contributed by atoms with E-state index in [1.54, 1.807) is 6.92 Å². The topological polar surface area (TPSA) is 61.4 Å². The summed E-state index contributed by atoms with van der Waals surface area (Å²) in [4.78, 5) is 26.7.